The predicted molar refractivity (Wildman–Crippen MR) is 96.6 cm³/mol. The Labute approximate surface area is 149 Å². The molecule has 126 valence electrons. The minimum Gasteiger partial charge on any atom is -0.450 e. The number of carbonyl (C=O) groups is 1. The lowest BCUT2D eigenvalue weighted by Crippen LogP contribution is -2.35. The highest BCUT2D eigenvalue weighted by Gasteiger charge is 2.13. The Balaban J connectivity index is 1.63. The van der Waals surface area contributed by atoms with Gasteiger partial charge in [0.15, 0.2) is 4.67 Å². The lowest BCUT2D eigenvalue weighted by Gasteiger charge is -2.27. The maximum Gasteiger partial charge on any atom is 0.248 e. The van der Waals surface area contributed by atoms with Gasteiger partial charge in [0.2, 0.25) is 5.91 Å². The molecule has 0 atom stereocenters. The highest BCUT2D eigenvalue weighted by Crippen LogP contribution is 2.19. The normalized spacial score (nSPS) is 15.7. The van der Waals surface area contributed by atoms with E-state index in [9.17, 15) is 4.79 Å². The van der Waals surface area contributed by atoms with Gasteiger partial charge < -0.3 is 14.5 Å². The maximum absolute atomic E-state index is 12.2. The number of anilines is 1. The van der Waals surface area contributed by atoms with E-state index in [1.54, 1.807) is 18.2 Å². The second-order valence-corrected chi connectivity index (χ2v) is 6.29. The van der Waals surface area contributed by atoms with Gasteiger partial charge in [0.05, 0.1) is 13.2 Å². The second-order valence-electron chi connectivity index (χ2n) is 5.51. The van der Waals surface area contributed by atoms with Gasteiger partial charge in [-0.1, -0.05) is 18.2 Å². The third-order valence-electron chi connectivity index (χ3n) is 3.77. The molecule has 0 aliphatic carbocycles. The van der Waals surface area contributed by atoms with E-state index in [2.05, 4.69) is 26.1 Å². The summed E-state index contributed by atoms with van der Waals surface area (Å²) >= 11 is 3.23. The van der Waals surface area contributed by atoms with Gasteiger partial charge >= 0.3 is 0 Å². The predicted octanol–water partition coefficient (Wildman–Crippen LogP) is 3.53. The molecule has 1 aliphatic heterocycles. The zero-order chi connectivity index (χ0) is 16.8. The Kier molecular flexibility index (Phi) is 5.85. The molecular weight excluding hydrogens is 372 g/mol. The molecule has 2 aromatic rings. The number of hydrogen-bond donors (Lipinski definition) is 1. The summed E-state index contributed by atoms with van der Waals surface area (Å²) < 4.78 is 11.4. The number of nitrogens with one attached hydrogen (secondary N) is 1. The number of hydrogen-bond acceptors (Lipinski definition) is 4. The van der Waals surface area contributed by atoms with Gasteiger partial charge in [0.1, 0.15) is 5.76 Å². The molecule has 6 heteroatoms. The summed E-state index contributed by atoms with van der Waals surface area (Å²) in [7, 11) is 0. The second kappa shape index (κ2) is 8.28. The molecule has 0 saturated carbocycles. The van der Waals surface area contributed by atoms with E-state index >= 15 is 0 Å². The van der Waals surface area contributed by atoms with E-state index in [-0.39, 0.29) is 5.91 Å². The van der Waals surface area contributed by atoms with Gasteiger partial charge in [-0.2, -0.15) is 0 Å². The van der Waals surface area contributed by atoms with Crippen molar-refractivity contribution in [2.24, 2.45) is 0 Å². The topological polar surface area (TPSA) is 54.7 Å². The van der Waals surface area contributed by atoms with Crippen molar-refractivity contribution >= 4 is 33.6 Å². The number of nitrogens with zero attached hydrogens (tertiary/aromatic N) is 1. The van der Waals surface area contributed by atoms with Gasteiger partial charge in [0.25, 0.3) is 0 Å². The molecule has 2 heterocycles. The molecule has 1 aromatic carbocycles. The third-order valence-corrected chi connectivity index (χ3v) is 4.19. The quantitative estimate of drug-likeness (QED) is 0.793. The summed E-state index contributed by atoms with van der Waals surface area (Å²) in [6.07, 6.45) is 3.11. The number of ether oxygens (including phenoxy) is 1. The van der Waals surface area contributed by atoms with Crippen LogP contribution in [0.4, 0.5) is 5.69 Å². The summed E-state index contributed by atoms with van der Waals surface area (Å²) in [5, 5.41) is 2.94. The van der Waals surface area contributed by atoms with Crippen LogP contribution in [-0.4, -0.2) is 37.1 Å². The van der Waals surface area contributed by atoms with Crippen LogP contribution >= 0.6 is 15.9 Å². The molecule has 5 nitrogen and oxygen atoms in total. The van der Waals surface area contributed by atoms with Crippen LogP contribution in [0.1, 0.15) is 11.3 Å². The fourth-order valence-electron chi connectivity index (χ4n) is 2.53. The van der Waals surface area contributed by atoms with Crippen LogP contribution in [-0.2, 0) is 16.1 Å². The summed E-state index contributed by atoms with van der Waals surface area (Å²) in [5.74, 6) is 0.440. The minimum atomic E-state index is -0.183. The van der Waals surface area contributed by atoms with Crippen LogP contribution in [0.25, 0.3) is 6.08 Å². The van der Waals surface area contributed by atoms with E-state index < -0.39 is 0 Å². The van der Waals surface area contributed by atoms with Crippen molar-refractivity contribution in [2.75, 3.05) is 31.6 Å². The number of furan rings is 1. The van der Waals surface area contributed by atoms with Gasteiger partial charge in [-0.15, -0.1) is 0 Å². The Morgan fingerprint density at radius 1 is 1.21 bits per heavy atom. The molecular formula is C18H19BrN2O3. The van der Waals surface area contributed by atoms with Crippen molar-refractivity contribution in [3.05, 3.63) is 58.5 Å². The standard InChI is InChI=1S/C18H19BrN2O3/c19-17-7-5-15(24-17)6-8-18(22)20-16-4-2-1-3-14(16)13-21-9-11-23-12-10-21/h1-8H,9-13H2,(H,20,22). The highest BCUT2D eigenvalue weighted by molar-refractivity contribution is 9.10. The first kappa shape index (κ1) is 17.0. The first-order valence-corrected chi connectivity index (χ1v) is 8.62. The summed E-state index contributed by atoms with van der Waals surface area (Å²) in [6.45, 7) is 4.14. The summed E-state index contributed by atoms with van der Waals surface area (Å²) in [4.78, 5) is 14.5. The number of carbonyl (C=O) groups excluding carboxylic acids is 1. The molecule has 1 fully saturated rings. The molecule has 0 radical (unpaired) electrons. The van der Waals surface area contributed by atoms with Crippen molar-refractivity contribution in [1.82, 2.24) is 4.90 Å². The largest absolute Gasteiger partial charge is 0.450 e. The van der Waals surface area contributed by atoms with Crippen molar-refractivity contribution in [2.45, 2.75) is 6.54 Å². The fourth-order valence-corrected chi connectivity index (χ4v) is 2.85. The molecule has 1 N–H and O–H groups in total. The molecule has 3 rings (SSSR count). The third kappa shape index (κ3) is 4.80. The number of halogens is 1. The van der Waals surface area contributed by atoms with Crippen LogP contribution in [0.15, 0.2) is 51.6 Å². The number of amides is 1. The van der Waals surface area contributed by atoms with Crippen molar-refractivity contribution in [3.8, 4) is 0 Å². The lowest BCUT2D eigenvalue weighted by atomic mass is 10.1. The average Bonchev–Trinajstić information content (AvgIpc) is 3.01. The smallest absolute Gasteiger partial charge is 0.248 e. The van der Waals surface area contributed by atoms with Gasteiger partial charge in [-0.05, 0) is 45.8 Å². The van der Waals surface area contributed by atoms with Crippen LogP contribution < -0.4 is 5.32 Å². The number of rotatable bonds is 5. The van der Waals surface area contributed by atoms with Crippen LogP contribution in [0, 0.1) is 0 Å². The average molecular weight is 391 g/mol. The zero-order valence-electron chi connectivity index (χ0n) is 13.2. The maximum atomic E-state index is 12.2. The van der Waals surface area contributed by atoms with Crippen molar-refractivity contribution in [1.29, 1.82) is 0 Å². The van der Waals surface area contributed by atoms with Crippen molar-refractivity contribution < 1.29 is 13.9 Å². The van der Waals surface area contributed by atoms with Crippen molar-refractivity contribution in [3.63, 3.8) is 0 Å². The highest BCUT2D eigenvalue weighted by atomic mass is 79.9. The molecule has 1 aromatic heterocycles. The van der Waals surface area contributed by atoms with Crippen LogP contribution in [0.3, 0.4) is 0 Å². The van der Waals surface area contributed by atoms with Gasteiger partial charge in [0, 0.05) is 31.4 Å². The zero-order valence-corrected chi connectivity index (χ0v) is 14.8. The number of para-hydroxylation sites is 1. The van der Waals surface area contributed by atoms with Crippen LogP contribution in [0.2, 0.25) is 0 Å². The number of morpholine rings is 1. The monoisotopic (exact) mass is 390 g/mol. The first-order valence-electron chi connectivity index (χ1n) is 7.83. The molecule has 0 bridgehead atoms. The lowest BCUT2D eigenvalue weighted by molar-refractivity contribution is -0.111. The SMILES string of the molecule is O=C(C=Cc1ccc(Br)o1)Nc1ccccc1CN1CCOCC1. The molecule has 1 aliphatic rings. The van der Waals surface area contributed by atoms with Gasteiger partial charge in [-0.25, -0.2) is 0 Å². The first-order chi connectivity index (χ1) is 11.7. The Bertz CT molecular complexity index is 721. The molecule has 0 spiro atoms. The van der Waals surface area contributed by atoms with Gasteiger partial charge in [-0.3, -0.25) is 9.69 Å². The van der Waals surface area contributed by atoms with E-state index in [4.69, 9.17) is 9.15 Å². The molecule has 1 amide bonds. The minimum absolute atomic E-state index is 0.183. The summed E-state index contributed by atoms with van der Waals surface area (Å²) in [6, 6.07) is 11.5. The Morgan fingerprint density at radius 2 is 2.00 bits per heavy atom. The fraction of sp³-hybridized carbons (Fsp3) is 0.278. The molecule has 0 unspecified atom stereocenters. The van der Waals surface area contributed by atoms with E-state index in [0.29, 0.717) is 10.4 Å². The van der Waals surface area contributed by atoms with E-state index in [0.717, 1.165) is 44.1 Å². The Hall–Kier alpha value is -1.89. The van der Waals surface area contributed by atoms with Crippen LogP contribution in [0.5, 0.6) is 0 Å². The number of benzene rings is 1. The molecule has 1 saturated heterocycles. The summed E-state index contributed by atoms with van der Waals surface area (Å²) in [5.41, 5.74) is 1.93. The van der Waals surface area contributed by atoms with E-state index in [1.165, 1.54) is 6.08 Å². The Morgan fingerprint density at radius 3 is 2.75 bits per heavy atom. The van der Waals surface area contributed by atoms with E-state index in [1.807, 2.05) is 24.3 Å². The molecule has 24 heavy (non-hydrogen) atoms.